The van der Waals surface area contributed by atoms with Crippen LogP contribution in [0.3, 0.4) is 0 Å². The van der Waals surface area contributed by atoms with E-state index in [-0.39, 0.29) is 17.5 Å². The highest BCUT2D eigenvalue weighted by Crippen LogP contribution is 2.23. The summed E-state index contributed by atoms with van der Waals surface area (Å²) in [6, 6.07) is 7.15. The number of nitrogens with two attached hydrogens (primary N) is 1. The fourth-order valence-electron chi connectivity index (χ4n) is 1.15. The molecule has 0 radical (unpaired) electrons. The summed E-state index contributed by atoms with van der Waals surface area (Å²) < 4.78 is 18.5. The highest BCUT2D eigenvalue weighted by Gasteiger charge is 2.07. The number of nitrogen functional groups attached to an aromatic ring is 1. The number of aromatic nitrogens is 2. The Bertz CT molecular complexity index is 594. The number of benzene rings is 1. The van der Waals surface area contributed by atoms with Crippen LogP contribution in [0.5, 0.6) is 11.8 Å². The summed E-state index contributed by atoms with van der Waals surface area (Å²) >= 11 is 0. The van der Waals surface area contributed by atoms with Crippen molar-refractivity contribution in [2.75, 3.05) is 5.73 Å². The van der Waals surface area contributed by atoms with Crippen molar-refractivity contribution < 1.29 is 9.13 Å². The van der Waals surface area contributed by atoms with Crippen molar-refractivity contribution in [2.45, 2.75) is 0 Å². The minimum atomic E-state index is -0.615. The molecule has 84 valence electrons. The number of hydrogen-bond donors (Lipinski definition) is 1. The van der Waals surface area contributed by atoms with Crippen molar-refractivity contribution in [3.63, 3.8) is 0 Å². The Kier molecular flexibility index (Phi) is 2.83. The van der Waals surface area contributed by atoms with Crippen molar-refractivity contribution in [3.05, 3.63) is 42.0 Å². The normalized spacial score (nSPS) is 9.65. The van der Waals surface area contributed by atoms with Crippen LogP contribution in [-0.4, -0.2) is 9.97 Å². The molecule has 1 aromatic carbocycles. The molecule has 1 heterocycles. The summed E-state index contributed by atoms with van der Waals surface area (Å²) in [6.45, 7) is 0. The van der Waals surface area contributed by atoms with Gasteiger partial charge < -0.3 is 10.5 Å². The molecule has 0 saturated carbocycles. The van der Waals surface area contributed by atoms with Crippen LogP contribution in [0.25, 0.3) is 0 Å². The third-order valence-corrected chi connectivity index (χ3v) is 1.91. The lowest BCUT2D eigenvalue weighted by Crippen LogP contribution is -1.96. The lowest BCUT2D eigenvalue weighted by molar-refractivity contribution is 0.411. The van der Waals surface area contributed by atoms with Crippen LogP contribution in [-0.2, 0) is 0 Å². The molecule has 0 spiro atoms. The van der Waals surface area contributed by atoms with Crippen LogP contribution in [0, 0.1) is 17.1 Å². The van der Waals surface area contributed by atoms with E-state index in [2.05, 4.69) is 9.97 Å². The van der Waals surface area contributed by atoms with E-state index in [9.17, 15) is 4.39 Å². The number of ether oxygens (including phenoxy) is 1. The number of nitriles is 1. The fraction of sp³-hybridized carbons (Fsp3) is 0. The standard InChI is InChI=1S/C11H7FN4O/c12-9-5-7(14)1-2-10(9)17-11-15-4-3-8(6-13)16-11/h1-5H,14H2. The van der Waals surface area contributed by atoms with Crippen LogP contribution < -0.4 is 10.5 Å². The van der Waals surface area contributed by atoms with Gasteiger partial charge in [-0.3, -0.25) is 0 Å². The molecule has 2 rings (SSSR count). The molecule has 2 aromatic rings. The summed E-state index contributed by atoms with van der Waals surface area (Å²) in [7, 11) is 0. The topological polar surface area (TPSA) is 84.8 Å². The van der Waals surface area contributed by atoms with Crippen molar-refractivity contribution in [1.82, 2.24) is 9.97 Å². The molecule has 0 aliphatic carbocycles. The maximum absolute atomic E-state index is 13.4. The van der Waals surface area contributed by atoms with E-state index in [0.29, 0.717) is 5.69 Å². The number of anilines is 1. The fourth-order valence-corrected chi connectivity index (χ4v) is 1.15. The maximum Gasteiger partial charge on any atom is 0.323 e. The number of nitrogens with zero attached hydrogens (tertiary/aromatic N) is 3. The van der Waals surface area contributed by atoms with Crippen LogP contribution >= 0.6 is 0 Å². The molecular formula is C11H7FN4O. The van der Waals surface area contributed by atoms with E-state index in [1.165, 1.54) is 24.4 Å². The van der Waals surface area contributed by atoms with Crippen molar-refractivity contribution >= 4 is 5.69 Å². The first-order chi connectivity index (χ1) is 8.19. The molecule has 0 aliphatic heterocycles. The van der Waals surface area contributed by atoms with Gasteiger partial charge in [-0.1, -0.05) is 0 Å². The second kappa shape index (κ2) is 4.45. The zero-order valence-corrected chi connectivity index (χ0v) is 8.59. The summed E-state index contributed by atoms with van der Waals surface area (Å²) in [5, 5.41) is 8.63. The molecule has 0 bridgehead atoms. The minimum absolute atomic E-state index is 0.0470. The molecule has 0 fully saturated rings. The lowest BCUT2D eigenvalue weighted by Gasteiger charge is -2.04. The van der Waals surface area contributed by atoms with Gasteiger partial charge in [0.2, 0.25) is 0 Å². The SMILES string of the molecule is N#Cc1ccnc(Oc2ccc(N)cc2F)n1. The Morgan fingerprint density at radius 3 is 2.88 bits per heavy atom. The molecule has 0 atom stereocenters. The summed E-state index contributed by atoms with van der Waals surface area (Å²) in [5.74, 6) is -0.662. The van der Waals surface area contributed by atoms with E-state index in [1.54, 1.807) is 0 Å². The van der Waals surface area contributed by atoms with Crippen LogP contribution in [0.2, 0.25) is 0 Å². The van der Waals surface area contributed by atoms with Gasteiger partial charge in [0, 0.05) is 18.0 Å². The van der Waals surface area contributed by atoms with E-state index in [0.717, 1.165) is 6.07 Å². The van der Waals surface area contributed by atoms with Gasteiger partial charge >= 0.3 is 6.01 Å². The number of hydrogen-bond acceptors (Lipinski definition) is 5. The summed E-state index contributed by atoms with van der Waals surface area (Å²) in [5.41, 5.74) is 5.83. The van der Waals surface area contributed by atoms with Crippen LogP contribution in [0.15, 0.2) is 30.5 Å². The molecule has 0 saturated heterocycles. The van der Waals surface area contributed by atoms with E-state index in [4.69, 9.17) is 15.7 Å². The summed E-state index contributed by atoms with van der Waals surface area (Å²) in [4.78, 5) is 7.52. The van der Waals surface area contributed by atoms with Gasteiger partial charge in [-0.25, -0.2) is 9.37 Å². The first-order valence-electron chi connectivity index (χ1n) is 4.65. The Hall–Kier alpha value is -2.68. The highest BCUT2D eigenvalue weighted by atomic mass is 19.1. The third-order valence-electron chi connectivity index (χ3n) is 1.91. The molecule has 6 heteroatoms. The van der Waals surface area contributed by atoms with Crippen molar-refractivity contribution in [2.24, 2.45) is 0 Å². The van der Waals surface area contributed by atoms with E-state index in [1.807, 2.05) is 6.07 Å². The molecule has 5 nitrogen and oxygen atoms in total. The zero-order valence-electron chi connectivity index (χ0n) is 8.59. The van der Waals surface area contributed by atoms with Gasteiger partial charge in [0.1, 0.15) is 11.8 Å². The smallest absolute Gasteiger partial charge is 0.323 e. The molecule has 0 aliphatic rings. The lowest BCUT2D eigenvalue weighted by atomic mass is 10.3. The second-order valence-corrected chi connectivity index (χ2v) is 3.13. The number of halogens is 1. The summed E-state index contributed by atoms with van der Waals surface area (Å²) in [6.07, 6.45) is 1.36. The second-order valence-electron chi connectivity index (χ2n) is 3.13. The quantitative estimate of drug-likeness (QED) is 0.796. The van der Waals surface area contributed by atoms with E-state index >= 15 is 0 Å². The van der Waals surface area contributed by atoms with Gasteiger partial charge in [-0.05, 0) is 18.2 Å². The average Bonchev–Trinajstić information content (AvgIpc) is 2.33. The average molecular weight is 230 g/mol. The molecule has 1 aromatic heterocycles. The minimum Gasteiger partial charge on any atom is -0.421 e. The Labute approximate surface area is 96.3 Å². The zero-order chi connectivity index (χ0) is 12.3. The highest BCUT2D eigenvalue weighted by molar-refractivity contribution is 5.43. The third kappa shape index (κ3) is 2.46. The monoisotopic (exact) mass is 230 g/mol. The largest absolute Gasteiger partial charge is 0.421 e. The van der Waals surface area contributed by atoms with Gasteiger partial charge in [0.15, 0.2) is 11.6 Å². The van der Waals surface area contributed by atoms with Crippen molar-refractivity contribution in [3.8, 4) is 17.8 Å². The Morgan fingerprint density at radius 1 is 1.35 bits per heavy atom. The molecule has 17 heavy (non-hydrogen) atoms. The Balaban J connectivity index is 2.28. The molecule has 2 N–H and O–H groups in total. The van der Waals surface area contributed by atoms with Crippen LogP contribution in [0.1, 0.15) is 5.69 Å². The number of rotatable bonds is 2. The van der Waals surface area contributed by atoms with Gasteiger partial charge in [-0.2, -0.15) is 10.2 Å². The van der Waals surface area contributed by atoms with Crippen LogP contribution in [0.4, 0.5) is 10.1 Å². The molecular weight excluding hydrogens is 223 g/mol. The predicted octanol–water partition coefficient (Wildman–Crippen LogP) is 1.86. The van der Waals surface area contributed by atoms with Gasteiger partial charge in [-0.15, -0.1) is 0 Å². The predicted molar refractivity (Wildman–Crippen MR) is 57.6 cm³/mol. The van der Waals surface area contributed by atoms with E-state index < -0.39 is 5.82 Å². The first kappa shape index (κ1) is 10.8. The first-order valence-corrected chi connectivity index (χ1v) is 4.65. The Morgan fingerprint density at radius 2 is 2.18 bits per heavy atom. The molecule has 0 amide bonds. The van der Waals surface area contributed by atoms with Gasteiger partial charge in [0.25, 0.3) is 0 Å². The van der Waals surface area contributed by atoms with Crippen molar-refractivity contribution in [1.29, 1.82) is 5.26 Å². The molecule has 0 unspecified atom stereocenters. The van der Waals surface area contributed by atoms with Gasteiger partial charge in [0.05, 0.1) is 0 Å². The maximum atomic E-state index is 13.4.